The minimum Gasteiger partial charge on any atom is -0.353 e. The first-order chi connectivity index (χ1) is 15.7. The van der Waals surface area contributed by atoms with E-state index in [1.807, 2.05) is 25.1 Å². The molecule has 32 heavy (non-hydrogen) atoms. The Morgan fingerprint density at radius 1 is 0.875 bits per heavy atom. The molecule has 1 aliphatic rings. The van der Waals surface area contributed by atoms with Crippen LogP contribution in [0, 0.1) is 6.92 Å². The minimum atomic E-state index is -0.0852. The maximum atomic E-state index is 12.3. The largest absolute Gasteiger partial charge is 0.353 e. The van der Waals surface area contributed by atoms with Crippen LogP contribution in [0.4, 0.5) is 5.82 Å². The Labute approximate surface area is 185 Å². The molecular weight excluding hydrogens is 404 g/mol. The molecule has 162 valence electrons. The van der Waals surface area contributed by atoms with Crippen LogP contribution in [0.5, 0.6) is 0 Å². The fraction of sp³-hybridized carbons (Fsp3) is 0.304. The van der Waals surface area contributed by atoms with Gasteiger partial charge in [-0.2, -0.15) is 5.10 Å². The zero-order valence-corrected chi connectivity index (χ0v) is 17.9. The van der Waals surface area contributed by atoms with Crippen molar-refractivity contribution in [3.8, 4) is 11.3 Å². The first-order valence-electron chi connectivity index (χ1n) is 10.7. The summed E-state index contributed by atoms with van der Waals surface area (Å²) in [5.41, 5.74) is 2.51. The van der Waals surface area contributed by atoms with Gasteiger partial charge in [0.05, 0.1) is 24.0 Å². The quantitative estimate of drug-likeness (QED) is 0.475. The van der Waals surface area contributed by atoms with Crippen molar-refractivity contribution in [1.29, 1.82) is 0 Å². The van der Waals surface area contributed by atoms with Gasteiger partial charge in [0.25, 0.3) is 5.56 Å². The standard InChI is InChI=1S/C23H24N8O/c1-17-26-21-16-25-9-6-19(21)23(27-17)30-13-10-29(11-14-30)12-15-31-22(32)3-2-20(28-31)18-4-7-24-8-5-18/h2-9,16H,10-15H2,1H3. The summed E-state index contributed by atoms with van der Waals surface area (Å²) in [5, 5.41) is 5.58. The number of hydrogen-bond acceptors (Lipinski definition) is 8. The molecule has 1 fully saturated rings. The Morgan fingerprint density at radius 2 is 1.66 bits per heavy atom. The van der Waals surface area contributed by atoms with Gasteiger partial charge < -0.3 is 4.90 Å². The molecule has 0 radical (unpaired) electrons. The van der Waals surface area contributed by atoms with Gasteiger partial charge >= 0.3 is 0 Å². The van der Waals surface area contributed by atoms with E-state index in [1.54, 1.807) is 41.6 Å². The topological polar surface area (TPSA) is 92.9 Å². The molecule has 0 amide bonds. The van der Waals surface area contributed by atoms with Crippen LogP contribution in [0.15, 0.2) is 59.9 Å². The van der Waals surface area contributed by atoms with Gasteiger partial charge in [-0.25, -0.2) is 14.6 Å². The van der Waals surface area contributed by atoms with E-state index >= 15 is 0 Å². The van der Waals surface area contributed by atoms with Crippen LogP contribution in [-0.4, -0.2) is 67.3 Å². The van der Waals surface area contributed by atoms with Crippen molar-refractivity contribution in [2.24, 2.45) is 0 Å². The summed E-state index contributed by atoms with van der Waals surface area (Å²) in [4.78, 5) is 34.4. The van der Waals surface area contributed by atoms with E-state index in [0.29, 0.717) is 6.54 Å². The van der Waals surface area contributed by atoms with Gasteiger partial charge in [-0.15, -0.1) is 0 Å². The lowest BCUT2D eigenvalue weighted by molar-refractivity contribution is 0.242. The number of anilines is 1. The molecule has 4 aromatic heterocycles. The summed E-state index contributed by atoms with van der Waals surface area (Å²) in [6.07, 6.45) is 7.02. The zero-order chi connectivity index (χ0) is 21.9. The van der Waals surface area contributed by atoms with Crippen LogP contribution in [-0.2, 0) is 6.54 Å². The summed E-state index contributed by atoms with van der Waals surface area (Å²) in [7, 11) is 0. The van der Waals surface area contributed by atoms with Crippen molar-refractivity contribution >= 4 is 16.7 Å². The Bertz CT molecular complexity index is 1280. The molecule has 0 bridgehead atoms. The molecule has 0 saturated carbocycles. The highest BCUT2D eigenvalue weighted by Crippen LogP contribution is 2.24. The third-order valence-electron chi connectivity index (χ3n) is 5.73. The second-order valence-electron chi connectivity index (χ2n) is 7.83. The van der Waals surface area contributed by atoms with E-state index in [1.165, 1.54) is 0 Å². The molecule has 0 aliphatic carbocycles. The van der Waals surface area contributed by atoms with Gasteiger partial charge in [-0.05, 0) is 31.2 Å². The Kier molecular flexibility index (Phi) is 5.55. The van der Waals surface area contributed by atoms with Crippen LogP contribution < -0.4 is 10.5 Å². The number of aromatic nitrogens is 6. The first kappa shape index (κ1) is 20.2. The average Bonchev–Trinajstić information content (AvgIpc) is 2.84. The van der Waals surface area contributed by atoms with E-state index in [0.717, 1.165) is 66.5 Å². The van der Waals surface area contributed by atoms with Gasteiger partial charge in [-0.3, -0.25) is 19.7 Å². The monoisotopic (exact) mass is 428 g/mol. The minimum absolute atomic E-state index is 0.0852. The van der Waals surface area contributed by atoms with Crippen LogP contribution in [0.3, 0.4) is 0 Å². The Morgan fingerprint density at radius 3 is 2.47 bits per heavy atom. The summed E-state index contributed by atoms with van der Waals surface area (Å²) < 4.78 is 1.55. The third kappa shape index (κ3) is 4.19. The average molecular weight is 429 g/mol. The number of piperazine rings is 1. The van der Waals surface area contributed by atoms with Gasteiger partial charge in [-0.1, -0.05) is 0 Å². The number of nitrogens with zero attached hydrogens (tertiary/aromatic N) is 8. The first-order valence-corrected chi connectivity index (χ1v) is 10.7. The lowest BCUT2D eigenvalue weighted by Gasteiger charge is -2.35. The summed E-state index contributed by atoms with van der Waals surface area (Å²) in [6.45, 7) is 6.77. The molecule has 5 heterocycles. The second-order valence-corrected chi connectivity index (χ2v) is 7.83. The predicted octanol–water partition coefficient (Wildman–Crippen LogP) is 1.77. The van der Waals surface area contributed by atoms with Crippen LogP contribution in [0.1, 0.15) is 5.82 Å². The molecule has 9 heteroatoms. The highest BCUT2D eigenvalue weighted by atomic mass is 16.1. The van der Waals surface area contributed by atoms with Crippen molar-refractivity contribution < 1.29 is 0 Å². The fourth-order valence-electron chi connectivity index (χ4n) is 4.02. The van der Waals surface area contributed by atoms with Gasteiger partial charge in [0.15, 0.2) is 0 Å². The van der Waals surface area contributed by atoms with E-state index in [9.17, 15) is 4.79 Å². The van der Waals surface area contributed by atoms with Gasteiger partial charge in [0, 0.05) is 68.3 Å². The highest BCUT2D eigenvalue weighted by Gasteiger charge is 2.20. The SMILES string of the molecule is Cc1nc(N2CCN(CCn3nc(-c4ccncc4)ccc3=O)CC2)c2ccncc2n1. The molecule has 0 aromatic carbocycles. The molecule has 0 spiro atoms. The summed E-state index contributed by atoms with van der Waals surface area (Å²) in [5.74, 6) is 1.72. The lowest BCUT2D eigenvalue weighted by atomic mass is 10.2. The van der Waals surface area contributed by atoms with Crippen molar-refractivity contribution in [1.82, 2.24) is 34.6 Å². The highest BCUT2D eigenvalue weighted by molar-refractivity contribution is 5.88. The number of rotatable bonds is 5. The smallest absolute Gasteiger partial charge is 0.266 e. The molecule has 0 atom stereocenters. The maximum absolute atomic E-state index is 12.3. The number of hydrogen-bond donors (Lipinski definition) is 0. The number of fused-ring (bicyclic) bond motifs is 1. The van der Waals surface area contributed by atoms with Crippen LogP contribution >= 0.6 is 0 Å². The van der Waals surface area contributed by atoms with Crippen molar-refractivity contribution in [2.45, 2.75) is 13.5 Å². The zero-order valence-electron chi connectivity index (χ0n) is 17.9. The number of pyridine rings is 2. The summed E-state index contributed by atoms with van der Waals surface area (Å²) >= 11 is 0. The molecular formula is C23H24N8O. The maximum Gasteiger partial charge on any atom is 0.266 e. The van der Waals surface area contributed by atoms with Crippen molar-refractivity contribution in [3.63, 3.8) is 0 Å². The fourth-order valence-corrected chi connectivity index (χ4v) is 4.02. The lowest BCUT2D eigenvalue weighted by Crippen LogP contribution is -2.48. The van der Waals surface area contributed by atoms with E-state index in [2.05, 4.69) is 29.9 Å². The van der Waals surface area contributed by atoms with Crippen molar-refractivity contribution in [3.05, 3.63) is 71.3 Å². The van der Waals surface area contributed by atoms with Gasteiger partial charge in [0.2, 0.25) is 0 Å². The molecule has 1 aliphatic heterocycles. The normalized spacial score (nSPS) is 14.7. The van der Waals surface area contributed by atoms with Crippen LogP contribution in [0.25, 0.3) is 22.2 Å². The molecule has 1 saturated heterocycles. The van der Waals surface area contributed by atoms with E-state index < -0.39 is 0 Å². The van der Waals surface area contributed by atoms with Crippen molar-refractivity contribution in [2.75, 3.05) is 37.6 Å². The van der Waals surface area contributed by atoms with Gasteiger partial charge in [0.1, 0.15) is 11.6 Å². The predicted molar refractivity (Wildman–Crippen MR) is 122 cm³/mol. The Balaban J connectivity index is 1.24. The molecule has 0 N–H and O–H groups in total. The Hall–Kier alpha value is -3.72. The molecule has 4 aromatic rings. The molecule has 9 nitrogen and oxygen atoms in total. The van der Waals surface area contributed by atoms with E-state index in [-0.39, 0.29) is 5.56 Å². The van der Waals surface area contributed by atoms with E-state index in [4.69, 9.17) is 4.98 Å². The molecule has 0 unspecified atom stereocenters. The summed E-state index contributed by atoms with van der Waals surface area (Å²) in [6, 6.07) is 9.11. The third-order valence-corrected chi connectivity index (χ3v) is 5.73. The number of aryl methyl sites for hydroxylation is 1. The second kappa shape index (κ2) is 8.80. The molecule has 5 rings (SSSR count). The van der Waals surface area contributed by atoms with Crippen LogP contribution in [0.2, 0.25) is 0 Å².